The summed E-state index contributed by atoms with van der Waals surface area (Å²) in [6.07, 6.45) is 17.0. The van der Waals surface area contributed by atoms with Gasteiger partial charge in [0.1, 0.15) is 0 Å². The van der Waals surface area contributed by atoms with Gasteiger partial charge in [-0.3, -0.25) is 0 Å². The van der Waals surface area contributed by atoms with Crippen molar-refractivity contribution in [1.82, 2.24) is 0 Å². The van der Waals surface area contributed by atoms with Crippen LogP contribution in [0, 0.1) is 18.8 Å². The van der Waals surface area contributed by atoms with Gasteiger partial charge in [0.25, 0.3) is 0 Å². The van der Waals surface area contributed by atoms with Gasteiger partial charge in [0.15, 0.2) is 11.8 Å². The fraction of sp³-hybridized carbons (Fsp3) is 0.429. The molecule has 2 aliphatic rings. The van der Waals surface area contributed by atoms with Crippen molar-refractivity contribution in [3.63, 3.8) is 0 Å². The smallest absolute Gasteiger partial charge is 0.164 e. The number of allylic oxidation sites excluding steroid dienone is 4. The van der Waals surface area contributed by atoms with E-state index in [0.29, 0.717) is 12.3 Å². The Balaban J connectivity index is 0.000000924. The summed E-state index contributed by atoms with van der Waals surface area (Å²) in [5.41, 5.74) is -0.104. The summed E-state index contributed by atoms with van der Waals surface area (Å²) in [6, 6.07) is 9.59. The number of benzene rings is 1. The summed E-state index contributed by atoms with van der Waals surface area (Å²) in [6.45, 7) is 0. The van der Waals surface area contributed by atoms with E-state index in [9.17, 15) is 8.78 Å². The Labute approximate surface area is 138 Å². The van der Waals surface area contributed by atoms with Gasteiger partial charge in [-0.2, -0.15) is 0 Å². The number of rotatable bonds is 4. The molecule has 3 rings (SSSR count). The molecule has 2 aliphatic carbocycles. The number of hydrogen-bond donors (Lipinski definition) is 0. The van der Waals surface area contributed by atoms with E-state index in [1.807, 2.05) is 30.3 Å². The molecule has 0 aliphatic heterocycles. The molecule has 2 heteroatoms. The summed E-state index contributed by atoms with van der Waals surface area (Å²) >= 11 is 0. The Morgan fingerprint density at radius 3 is 2.35 bits per heavy atom. The highest BCUT2D eigenvalue weighted by atomic mass is 19.2. The van der Waals surface area contributed by atoms with Gasteiger partial charge in [-0.1, -0.05) is 62.1 Å². The van der Waals surface area contributed by atoms with Gasteiger partial charge < -0.3 is 0 Å². The molecule has 23 heavy (non-hydrogen) atoms. The zero-order valence-electron chi connectivity index (χ0n) is 13.4. The lowest BCUT2D eigenvalue weighted by molar-refractivity contribution is 0.107. The van der Waals surface area contributed by atoms with Crippen LogP contribution in [0.15, 0.2) is 48.6 Å². The van der Waals surface area contributed by atoms with Crippen molar-refractivity contribution in [1.29, 1.82) is 0 Å². The summed E-state index contributed by atoms with van der Waals surface area (Å²) in [4.78, 5) is 0. The van der Waals surface area contributed by atoms with E-state index in [4.69, 9.17) is 0 Å². The minimum Gasteiger partial charge on any atom is -0.239 e. The summed E-state index contributed by atoms with van der Waals surface area (Å²) < 4.78 is 29.1. The van der Waals surface area contributed by atoms with Crippen molar-refractivity contribution in [2.45, 2.75) is 50.4 Å². The van der Waals surface area contributed by atoms with E-state index in [1.165, 1.54) is 37.8 Å². The van der Waals surface area contributed by atoms with E-state index in [2.05, 4.69) is 12.8 Å². The van der Waals surface area contributed by atoms with Gasteiger partial charge in [-0.25, -0.2) is 8.78 Å². The fourth-order valence-corrected chi connectivity index (χ4v) is 3.44. The van der Waals surface area contributed by atoms with Gasteiger partial charge in [0.05, 0.1) is 0 Å². The van der Waals surface area contributed by atoms with E-state index in [0.717, 1.165) is 17.6 Å². The van der Waals surface area contributed by atoms with E-state index < -0.39 is 11.8 Å². The van der Waals surface area contributed by atoms with Crippen molar-refractivity contribution in [3.05, 3.63) is 54.1 Å². The second kappa shape index (κ2) is 8.11. The second-order valence-corrected chi connectivity index (χ2v) is 6.34. The fourth-order valence-electron chi connectivity index (χ4n) is 3.44. The summed E-state index contributed by atoms with van der Waals surface area (Å²) in [5.74, 6) is 0.595. The average molecular weight is 314 g/mol. The van der Waals surface area contributed by atoms with Gasteiger partial charge in [0.2, 0.25) is 0 Å². The molecule has 1 aromatic rings. The zero-order chi connectivity index (χ0) is 16.7. The third kappa shape index (κ3) is 4.32. The van der Waals surface area contributed by atoms with Crippen LogP contribution in [0.5, 0.6) is 0 Å². The number of halogens is 2. The molecule has 2 atom stereocenters. The van der Waals surface area contributed by atoms with Crippen LogP contribution in [0.25, 0.3) is 5.57 Å². The van der Waals surface area contributed by atoms with Gasteiger partial charge in [-0.05, 0) is 42.0 Å². The van der Waals surface area contributed by atoms with Crippen LogP contribution in [0.3, 0.4) is 0 Å². The van der Waals surface area contributed by atoms with Crippen LogP contribution in [0.2, 0.25) is 0 Å². The van der Waals surface area contributed by atoms with Crippen molar-refractivity contribution in [2.75, 3.05) is 0 Å². The first kappa shape index (κ1) is 17.5. The quantitative estimate of drug-likeness (QED) is 0.606. The Kier molecular flexibility index (Phi) is 6.16. The first-order valence-electron chi connectivity index (χ1n) is 8.30. The normalized spacial score (nSPS) is 27.1. The third-order valence-corrected chi connectivity index (χ3v) is 4.84. The molecule has 0 spiro atoms. The van der Waals surface area contributed by atoms with E-state index in [-0.39, 0.29) is 0 Å². The largest absolute Gasteiger partial charge is 0.239 e. The molecule has 0 bridgehead atoms. The van der Waals surface area contributed by atoms with Crippen LogP contribution in [-0.4, -0.2) is 11.8 Å². The molecule has 0 saturated heterocycles. The van der Waals surface area contributed by atoms with Gasteiger partial charge in [0, 0.05) is 0 Å². The van der Waals surface area contributed by atoms with Gasteiger partial charge >= 0.3 is 0 Å². The molecule has 0 amide bonds. The van der Waals surface area contributed by atoms with Crippen molar-refractivity contribution in [2.24, 2.45) is 5.92 Å². The van der Waals surface area contributed by atoms with Crippen molar-refractivity contribution < 1.29 is 8.78 Å². The maximum Gasteiger partial charge on any atom is 0.164 e. The minimum atomic E-state index is -1.82. The van der Waals surface area contributed by atoms with Crippen molar-refractivity contribution in [3.8, 4) is 12.8 Å². The number of hydrogen-bond acceptors (Lipinski definition) is 0. The maximum absolute atomic E-state index is 14.8. The first-order valence-corrected chi connectivity index (χ1v) is 8.30. The standard InChI is InChI=1S/C19H22F2.C2H2/c20-18-14-17(16-8-2-1-3-9-16)11-13-19(18,21)12-10-15-6-4-5-7-15;1-2/h1-3,8-9,11,13-15,18H,4-7,10,12H2;1-2H. The third-order valence-electron chi connectivity index (χ3n) is 4.84. The molecular formula is C21H24F2. The predicted octanol–water partition coefficient (Wildman–Crippen LogP) is 5.91. The Bertz CT molecular complexity index is 564. The summed E-state index contributed by atoms with van der Waals surface area (Å²) in [7, 11) is 0. The van der Waals surface area contributed by atoms with E-state index in [1.54, 1.807) is 6.08 Å². The number of terminal acetylenes is 1. The predicted molar refractivity (Wildman–Crippen MR) is 93.4 cm³/mol. The molecule has 2 unspecified atom stereocenters. The SMILES string of the molecule is C#C.FC1C=C(c2ccccc2)C=CC1(F)CCC1CCCC1. The van der Waals surface area contributed by atoms with Crippen LogP contribution < -0.4 is 0 Å². The summed E-state index contributed by atoms with van der Waals surface area (Å²) in [5, 5.41) is 0. The molecule has 0 radical (unpaired) electrons. The molecule has 0 aromatic heterocycles. The van der Waals surface area contributed by atoms with Crippen LogP contribution in [-0.2, 0) is 0 Å². The van der Waals surface area contributed by atoms with Crippen LogP contribution in [0.4, 0.5) is 8.78 Å². The lowest BCUT2D eigenvalue weighted by atomic mass is 9.84. The maximum atomic E-state index is 14.8. The average Bonchev–Trinajstić information content (AvgIpc) is 3.12. The molecule has 1 fully saturated rings. The van der Waals surface area contributed by atoms with Crippen molar-refractivity contribution >= 4 is 5.57 Å². The second-order valence-electron chi connectivity index (χ2n) is 6.34. The zero-order valence-corrected chi connectivity index (χ0v) is 13.4. The molecular weight excluding hydrogens is 290 g/mol. The van der Waals surface area contributed by atoms with Gasteiger partial charge in [-0.15, -0.1) is 12.8 Å². The highest BCUT2D eigenvalue weighted by molar-refractivity contribution is 5.76. The highest BCUT2D eigenvalue weighted by Gasteiger charge is 2.38. The molecule has 0 heterocycles. The molecule has 0 N–H and O–H groups in total. The van der Waals surface area contributed by atoms with E-state index >= 15 is 0 Å². The minimum absolute atomic E-state index is 0.300. The Morgan fingerprint density at radius 1 is 1.09 bits per heavy atom. The van der Waals surface area contributed by atoms with Crippen LogP contribution in [0.1, 0.15) is 44.1 Å². The first-order chi connectivity index (χ1) is 11.2. The Morgan fingerprint density at radius 2 is 1.74 bits per heavy atom. The Hall–Kier alpha value is -1.88. The number of alkyl halides is 2. The topological polar surface area (TPSA) is 0 Å². The highest BCUT2D eigenvalue weighted by Crippen LogP contribution is 2.38. The molecule has 0 nitrogen and oxygen atoms in total. The lowest BCUT2D eigenvalue weighted by Gasteiger charge is -2.28. The lowest BCUT2D eigenvalue weighted by Crippen LogP contribution is -2.34. The van der Waals surface area contributed by atoms with Crippen LogP contribution >= 0.6 is 0 Å². The monoisotopic (exact) mass is 314 g/mol. The molecule has 1 saturated carbocycles. The molecule has 122 valence electrons. The molecule has 1 aromatic carbocycles.